The predicted octanol–water partition coefficient (Wildman–Crippen LogP) is 4.96. The SMILES string of the molecule is CCCCC(/C=C/COP(=O)(OCC)OCC)CC. The van der Waals surface area contributed by atoms with Crippen molar-refractivity contribution in [2.75, 3.05) is 19.8 Å². The molecule has 0 aromatic rings. The van der Waals surface area contributed by atoms with Gasteiger partial charge in [-0.2, -0.15) is 0 Å². The molecule has 0 saturated heterocycles. The van der Waals surface area contributed by atoms with Gasteiger partial charge >= 0.3 is 7.82 Å². The molecule has 1 atom stereocenters. The van der Waals surface area contributed by atoms with Crippen molar-refractivity contribution in [1.82, 2.24) is 0 Å². The van der Waals surface area contributed by atoms with E-state index in [1.807, 2.05) is 6.08 Å². The Morgan fingerprint density at radius 3 is 2.16 bits per heavy atom. The average molecular weight is 292 g/mol. The fraction of sp³-hybridized carbons (Fsp3) is 0.857. The van der Waals surface area contributed by atoms with E-state index in [1.165, 1.54) is 19.3 Å². The molecule has 0 spiro atoms. The molecule has 0 aliphatic heterocycles. The van der Waals surface area contributed by atoms with E-state index in [4.69, 9.17) is 13.6 Å². The molecule has 0 radical (unpaired) electrons. The van der Waals surface area contributed by atoms with Crippen LogP contribution >= 0.6 is 7.82 Å². The minimum Gasteiger partial charge on any atom is -0.287 e. The number of allylic oxidation sites excluding steroid dienone is 1. The lowest BCUT2D eigenvalue weighted by atomic mass is 9.99. The summed E-state index contributed by atoms with van der Waals surface area (Å²) < 4.78 is 27.3. The van der Waals surface area contributed by atoms with Crippen LogP contribution in [0.15, 0.2) is 12.2 Å². The summed E-state index contributed by atoms with van der Waals surface area (Å²) in [7, 11) is -3.36. The molecule has 0 rings (SSSR count). The Hall–Kier alpha value is -0.150. The lowest BCUT2D eigenvalue weighted by molar-refractivity contribution is 0.131. The second kappa shape index (κ2) is 11.7. The van der Waals surface area contributed by atoms with Gasteiger partial charge in [0.25, 0.3) is 0 Å². The maximum Gasteiger partial charge on any atom is 0.475 e. The zero-order valence-corrected chi connectivity index (χ0v) is 13.7. The fourth-order valence-electron chi connectivity index (χ4n) is 1.71. The van der Waals surface area contributed by atoms with E-state index in [0.717, 1.165) is 6.42 Å². The van der Waals surface area contributed by atoms with Crippen LogP contribution < -0.4 is 0 Å². The van der Waals surface area contributed by atoms with Crippen molar-refractivity contribution in [1.29, 1.82) is 0 Å². The maximum atomic E-state index is 12.0. The van der Waals surface area contributed by atoms with Crippen molar-refractivity contribution in [3.8, 4) is 0 Å². The van der Waals surface area contributed by atoms with E-state index in [0.29, 0.717) is 19.1 Å². The molecule has 5 heteroatoms. The lowest BCUT2D eigenvalue weighted by Crippen LogP contribution is -2.01. The van der Waals surface area contributed by atoms with Gasteiger partial charge in [-0.05, 0) is 32.6 Å². The molecule has 0 aliphatic rings. The van der Waals surface area contributed by atoms with Crippen LogP contribution in [0.25, 0.3) is 0 Å². The average Bonchev–Trinajstić information content (AvgIpc) is 2.38. The van der Waals surface area contributed by atoms with Gasteiger partial charge in [0, 0.05) is 0 Å². The van der Waals surface area contributed by atoms with Gasteiger partial charge in [0.05, 0.1) is 19.8 Å². The van der Waals surface area contributed by atoms with Crippen LogP contribution in [0.5, 0.6) is 0 Å². The fourth-order valence-corrected chi connectivity index (χ4v) is 2.84. The second-order valence-corrected chi connectivity index (χ2v) is 5.99. The van der Waals surface area contributed by atoms with Gasteiger partial charge in [0.1, 0.15) is 0 Å². The van der Waals surface area contributed by atoms with Gasteiger partial charge in [0.2, 0.25) is 0 Å². The van der Waals surface area contributed by atoms with Crippen molar-refractivity contribution in [2.45, 2.75) is 53.4 Å². The highest BCUT2D eigenvalue weighted by Crippen LogP contribution is 2.49. The zero-order valence-electron chi connectivity index (χ0n) is 12.8. The predicted molar refractivity (Wildman–Crippen MR) is 79.3 cm³/mol. The van der Waals surface area contributed by atoms with Crippen molar-refractivity contribution >= 4 is 7.82 Å². The highest BCUT2D eigenvalue weighted by molar-refractivity contribution is 7.48. The summed E-state index contributed by atoms with van der Waals surface area (Å²) in [5.41, 5.74) is 0. The quantitative estimate of drug-likeness (QED) is 0.377. The van der Waals surface area contributed by atoms with Crippen LogP contribution in [0.3, 0.4) is 0 Å². The van der Waals surface area contributed by atoms with E-state index >= 15 is 0 Å². The van der Waals surface area contributed by atoms with Gasteiger partial charge in [0.15, 0.2) is 0 Å². The van der Waals surface area contributed by atoms with E-state index < -0.39 is 7.82 Å². The van der Waals surface area contributed by atoms with E-state index in [9.17, 15) is 4.57 Å². The Morgan fingerprint density at radius 2 is 1.68 bits per heavy atom. The highest BCUT2D eigenvalue weighted by Gasteiger charge is 2.24. The molecule has 4 nitrogen and oxygen atoms in total. The molecule has 0 bridgehead atoms. The standard InChI is InChI=1S/C14H29O4P/c1-5-9-11-14(6-2)12-10-13-18-19(15,16-7-3)17-8-4/h10,12,14H,5-9,11,13H2,1-4H3/b12-10+. The lowest BCUT2D eigenvalue weighted by Gasteiger charge is -2.15. The number of hydrogen-bond donors (Lipinski definition) is 0. The van der Waals surface area contributed by atoms with Gasteiger partial charge in [-0.3, -0.25) is 13.6 Å². The Morgan fingerprint density at radius 1 is 1.05 bits per heavy atom. The summed E-state index contributed by atoms with van der Waals surface area (Å²) in [6.07, 6.45) is 8.81. The first-order valence-corrected chi connectivity index (χ1v) is 8.78. The Bertz CT molecular complexity index is 269. The van der Waals surface area contributed by atoms with Gasteiger partial charge in [-0.15, -0.1) is 0 Å². The summed E-state index contributed by atoms with van der Waals surface area (Å²) >= 11 is 0. The van der Waals surface area contributed by atoms with Crippen molar-refractivity contribution in [3.63, 3.8) is 0 Å². The second-order valence-electron chi connectivity index (χ2n) is 4.32. The van der Waals surface area contributed by atoms with Crippen molar-refractivity contribution in [3.05, 3.63) is 12.2 Å². The molecule has 114 valence electrons. The third kappa shape index (κ3) is 9.39. The van der Waals surface area contributed by atoms with Crippen molar-refractivity contribution < 1.29 is 18.1 Å². The zero-order chi connectivity index (χ0) is 14.6. The van der Waals surface area contributed by atoms with E-state index in [2.05, 4.69) is 19.9 Å². The van der Waals surface area contributed by atoms with Gasteiger partial charge in [-0.1, -0.05) is 38.8 Å². The Kier molecular flexibility index (Phi) is 11.6. The van der Waals surface area contributed by atoms with Crippen molar-refractivity contribution in [2.24, 2.45) is 5.92 Å². The molecule has 0 aromatic heterocycles. The first-order valence-electron chi connectivity index (χ1n) is 7.32. The smallest absolute Gasteiger partial charge is 0.287 e. The summed E-state index contributed by atoms with van der Waals surface area (Å²) in [6, 6.07) is 0. The van der Waals surface area contributed by atoms with Gasteiger partial charge < -0.3 is 0 Å². The first-order chi connectivity index (χ1) is 9.11. The summed E-state index contributed by atoms with van der Waals surface area (Å²) in [4.78, 5) is 0. The molecule has 0 aliphatic carbocycles. The third-order valence-electron chi connectivity index (χ3n) is 2.76. The highest BCUT2D eigenvalue weighted by atomic mass is 31.2. The molecular weight excluding hydrogens is 263 g/mol. The number of rotatable bonds is 12. The number of phosphoric ester groups is 1. The first kappa shape index (κ1) is 18.9. The van der Waals surface area contributed by atoms with Crippen LogP contribution in [0, 0.1) is 5.92 Å². The molecule has 1 unspecified atom stereocenters. The minimum atomic E-state index is -3.36. The number of hydrogen-bond acceptors (Lipinski definition) is 4. The summed E-state index contributed by atoms with van der Waals surface area (Å²) in [5, 5.41) is 0. The summed E-state index contributed by atoms with van der Waals surface area (Å²) in [6.45, 7) is 8.80. The molecule has 0 N–H and O–H groups in total. The Labute approximate surface area is 118 Å². The van der Waals surface area contributed by atoms with E-state index in [1.54, 1.807) is 13.8 Å². The maximum absolute atomic E-state index is 12.0. The molecule has 0 heterocycles. The van der Waals surface area contributed by atoms with Crippen LogP contribution in [0.4, 0.5) is 0 Å². The minimum absolute atomic E-state index is 0.264. The molecule has 0 amide bonds. The van der Waals surface area contributed by atoms with Crippen LogP contribution in [-0.2, 0) is 18.1 Å². The van der Waals surface area contributed by atoms with Crippen LogP contribution in [0.1, 0.15) is 53.4 Å². The Balaban J connectivity index is 4.11. The number of phosphoric acid groups is 1. The normalized spacial score (nSPS) is 14.1. The molecular formula is C14H29O4P. The largest absolute Gasteiger partial charge is 0.475 e. The monoisotopic (exact) mass is 292 g/mol. The molecule has 0 saturated carbocycles. The third-order valence-corrected chi connectivity index (χ3v) is 4.38. The number of unbranched alkanes of at least 4 members (excludes halogenated alkanes) is 1. The van der Waals surface area contributed by atoms with Crippen LogP contribution in [-0.4, -0.2) is 19.8 Å². The molecule has 0 aromatic carbocycles. The molecule has 19 heavy (non-hydrogen) atoms. The van der Waals surface area contributed by atoms with Gasteiger partial charge in [-0.25, -0.2) is 4.57 Å². The topological polar surface area (TPSA) is 44.8 Å². The summed E-state index contributed by atoms with van der Waals surface area (Å²) in [5.74, 6) is 0.571. The van der Waals surface area contributed by atoms with E-state index in [-0.39, 0.29) is 6.61 Å². The van der Waals surface area contributed by atoms with Crippen LogP contribution in [0.2, 0.25) is 0 Å². The molecule has 0 fully saturated rings.